The van der Waals surface area contributed by atoms with Crippen molar-refractivity contribution in [1.29, 1.82) is 0 Å². The number of rotatable bonds is 5. The predicted octanol–water partition coefficient (Wildman–Crippen LogP) is 2.89. The lowest BCUT2D eigenvalue weighted by atomic mass is 10.1. The molecule has 0 aliphatic rings. The zero-order valence-electron chi connectivity index (χ0n) is 13.3. The Balaban J connectivity index is 1.97. The summed E-state index contributed by atoms with van der Waals surface area (Å²) in [4.78, 5) is 30.7. The van der Waals surface area contributed by atoms with Gasteiger partial charge in [0.05, 0.1) is 11.0 Å². The standard InChI is InChI=1S/C18H18ClN3O2/c1-2-22(10-12-6-4-3-5-7-12)11-13-8-14(19)9-15-16(13)21-18(24)17(23)20-15/h3-9H,2,10-11H2,1H3,(H,20,23)(H,21,24). The van der Waals surface area contributed by atoms with E-state index in [1.807, 2.05) is 24.3 Å². The third kappa shape index (κ3) is 3.58. The highest BCUT2D eigenvalue weighted by Crippen LogP contribution is 2.21. The Morgan fingerprint density at radius 3 is 2.42 bits per heavy atom. The molecule has 2 N–H and O–H groups in total. The van der Waals surface area contributed by atoms with Crippen LogP contribution in [0.25, 0.3) is 11.0 Å². The SMILES string of the molecule is CCN(Cc1ccccc1)Cc1cc(Cl)cc2[nH]c(=O)c(=O)[nH]c12. The molecule has 0 spiro atoms. The molecular weight excluding hydrogens is 326 g/mol. The van der Waals surface area contributed by atoms with Gasteiger partial charge in [0.15, 0.2) is 0 Å². The second-order valence-electron chi connectivity index (χ2n) is 5.68. The summed E-state index contributed by atoms with van der Waals surface area (Å²) in [5.41, 5.74) is 1.93. The number of aromatic nitrogens is 2. The molecule has 1 heterocycles. The monoisotopic (exact) mass is 343 g/mol. The molecule has 3 rings (SSSR count). The second kappa shape index (κ2) is 7.03. The van der Waals surface area contributed by atoms with E-state index in [4.69, 9.17) is 11.6 Å². The molecule has 0 bridgehead atoms. The van der Waals surface area contributed by atoms with Crippen LogP contribution in [-0.2, 0) is 13.1 Å². The quantitative estimate of drug-likeness (QED) is 0.700. The van der Waals surface area contributed by atoms with Gasteiger partial charge >= 0.3 is 11.1 Å². The fourth-order valence-corrected chi connectivity index (χ4v) is 2.99. The van der Waals surface area contributed by atoms with Crippen molar-refractivity contribution in [2.75, 3.05) is 6.54 Å². The highest BCUT2D eigenvalue weighted by molar-refractivity contribution is 6.31. The normalized spacial score (nSPS) is 11.3. The van der Waals surface area contributed by atoms with Gasteiger partial charge in [0, 0.05) is 18.1 Å². The molecule has 2 aromatic carbocycles. The highest BCUT2D eigenvalue weighted by Gasteiger charge is 2.11. The van der Waals surface area contributed by atoms with Gasteiger partial charge in [-0.05, 0) is 29.8 Å². The van der Waals surface area contributed by atoms with Gasteiger partial charge in [-0.25, -0.2) is 0 Å². The van der Waals surface area contributed by atoms with E-state index >= 15 is 0 Å². The Kier molecular flexibility index (Phi) is 4.83. The molecular formula is C18H18ClN3O2. The number of hydrogen-bond donors (Lipinski definition) is 2. The Morgan fingerprint density at radius 2 is 1.71 bits per heavy atom. The molecule has 6 heteroatoms. The maximum Gasteiger partial charge on any atom is 0.314 e. The maximum atomic E-state index is 11.7. The van der Waals surface area contributed by atoms with Crippen LogP contribution in [0.5, 0.6) is 0 Å². The minimum absolute atomic E-state index is 0.524. The molecule has 0 fully saturated rings. The van der Waals surface area contributed by atoms with E-state index in [1.165, 1.54) is 5.56 Å². The van der Waals surface area contributed by atoms with Crippen LogP contribution < -0.4 is 11.1 Å². The van der Waals surface area contributed by atoms with Gasteiger partial charge in [-0.1, -0.05) is 48.9 Å². The van der Waals surface area contributed by atoms with Crippen LogP contribution in [0, 0.1) is 0 Å². The van der Waals surface area contributed by atoms with Crippen LogP contribution in [0.3, 0.4) is 0 Å². The maximum absolute atomic E-state index is 11.7. The molecule has 0 atom stereocenters. The first-order chi connectivity index (χ1) is 11.6. The van der Waals surface area contributed by atoms with Crippen molar-refractivity contribution in [2.24, 2.45) is 0 Å². The first kappa shape index (κ1) is 16.5. The second-order valence-corrected chi connectivity index (χ2v) is 6.12. The van der Waals surface area contributed by atoms with Crippen molar-refractivity contribution in [1.82, 2.24) is 14.9 Å². The van der Waals surface area contributed by atoms with Crippen molar-refractivity contribution >= 4 is 22.6 Å². The molecule has 5 nitrogen and oxygen atoms in total. The predicted molar refractivity (Wildman–Crippen MR) is 96.4 cm³/mol. The first-order valence-electron chi connectivity index (χ1n) is 7.78. The molecule has 0 amide bonds. The number of nitrogens with one attached hydrogen (secondary N) is 2. The zero-order valence-corrected chi connectivity index (χ0v) is 14.1. The summed E-state index contributed by atoms with van der Waals surface area (Å²) in [6, 6.07) is 13.7. The molecule has 0 unspecified atom stereocenters. The number of halogens is 1. The summed E-state index contributed by atoms with van der Waals surface area (Å²) in [6.45, 7) is 4.33. The number of nitrogens with zero attached hydrogens (tertiary/aromatic N) is 1. The minimum Gasteiger partial charge on any atom is -0.316 e. The number of benzene rings is 2. The number of H-pyrrole nitrogens is 2. The van der Waals surface area contributed by atoms with Gasteiger partial charge in [0.25, 0.3) is 0 Å². The smallest absolute Gasteiger partial charge is 0.314 e. The lowest BCUT2D eigenvalue weighted by molar-refractivity contribution is 0.272. The first-order valence-corrected chi connectivity index (χ1v) is 8.15. The summed E-state index contributed by atoms with van der Waals surface area (Å²) in [5.74, 6) is 0. The van der Waals surface area contributed by atoms with Crippen LogP contribution in [0.4, 0.5) is 0 Å². The van der Waals surface area contributed by atoms with Crippen LogP contribution in [0.15, 0.2) is 52.1 Å². The van der Waals surface area contributed by atoms with E-state index in [1.54, 1.807) is 6.07 Å². The molecule has 3 aromatic rings. The zero-order chi connectivity index (χ0) is 17.1. The third-order valence-corrected chi connectivity index (χ3v) is 4.19. The topological polar surface area (TPSA) is 69.0 Å². The van der Waals surface area contributed by atoms with Crippen molar-refractivity contribution in [3.63, 3.8) is 0 Å². The van der Waals surface area contributed by atoms with Gasteiger partial charge < -0.3 is 9.97 Å². The van der Waals surface area contributed by atoms with E-state index in [9.17, 15) is 9.59 Å². The van der Waals surface area contributed by atoms with Gasteiger partial charge in [0.1, 0.15) is 0 Å². The molecule has 0 saturated heterocycles. The fraction of sp³-hybridized carbons (Fsp3) is 0.222. The molecule has 0 saturated carbocycles. The van der Waals surface area contributed by atoms with Gasteiger partial charge in [-0.2, -0.15) is 0 Å². The van der Waals surface area contributed by atoms with E-state index in [2.05, 4.69) is 33.9 Å². The van der Waals surface area contributed by atoms with Gasteiger partial charge in [0.2, 0.25) is 0 Å². The molecule has 1 aromatic heterocycles. The van der Waals surface area contributed by atoms with Gasteiger partial charge in [-0.15, -0.1) is 0 Å². The molecule has 0 aliphatic heterocycles. The summed E-state index contributed by atoms with van der Waals surface area (Å²) in [5, 5.41) is 0.524. The fourth-order valence-electron chi connectivity index (χ4n) is 2.75. The van der Waals surface area contributed by atoms with E-state index in [0.29, 0.717) is 22.6 Å². The summed E-state index contributed by atoms with van der Waals surface area (Å²) in [7, 11) is 0. The van der Waals surface area contributed by atoms with Crippen molar-refractivity contribution < 1.29 is 0 Å². The van der Waals surface area contributed by atoms with Crippen LogP contribution in [-0.4, -0.2) is 21.4 Å². The minimum atomic E-state index is -0.674. The Morgan fingerprint density at radius 1 is 1.00 bits per heavy atom. The lowest BCUT2D eigenvalue weighted by Gasteiger charge is -2.21. The Bertz CT molecular complexity index is 963. The van der Waals surface area contributed by atoms with E-state index < -0.39 is 11.1 Å². The summed E-state index contributed by atoms with van der Waals surface area (Å²) < 4.78 is 0. The number of hydrogen-bond acceptors (Lipinski definition) is 3. The highest BCUT2D eigenvalue weighted by atomic mass is 35.5. The van der Waals surface area contributed by atoms with Crippen LogP contribution >= 0.6 is 11.6 Å². The van der Waals surface area contributed by atoms with E-state index in [-0.39, 0.29) is 0 Å². The molecule has 24 heavy (non-hydrogen) atoms. The molecule has 124 valence electrons. The van der Waals surface area contributed by atoms with Crippen molar-refractivity contribution in [2.45, 2.75) is 20.0 Å². The Labute approximate surface area is 143 Å². The van der Waals surface area contributed by atoms with Crippen molar-refractivity contribution in [3.05, 3.63) is 79.3 Å². The third-order valence-electron chi connectivity index (χ3n) is 3.97. The summed E-state index contributed by atoms with van der Waals surface area (Å²) in [6.07, 6.45) is 0. The van der Waals surface area contributed by atoms with E-state index in [0.717, 1.165) is 18.7 Å². The average molecular weight is 344 g/mol. The molecule has 0 aliphatic carbocycles. The number of fused-ring (bicyclic) bond motifs is 1. The average Bonchev–Trinajstić information content (AvgIpc) is 2.57. The van der Waals surface area contributed by atoms with Gasteiger partial charge in [-0.3, -0.25) is 14.5 Å². The van der Waals surface area contributed by atoms with Crippen LogP contribution in [0.1, 0.15) is 18.1 Å². The largest absolute Gasteiger partial charge is 0.316 e. The lowest BCUT2D eigenvalue weighted by Crippen LogP contribution is -2.30. The summed E-state index contributed by atoms with van der Waals surface area (Å²) >= 11 is 6.17. The van der Waals surface area contributed by atoms with Crippen LogP contribution in [0.2, 0.25) is 5.02 Å². The van der Waals surface area contributed by atoms with Crippen molar-refractivity contribution in [3.8, 4) is 0 Å². The number of aromatic amines is 2. The Hall–Kier alpha value is -2.37. The molecule has 0 radical (unpaired) electrons.